The number of nitrogens with two attached hydrogens (primary N) is 1. The van der Waals surface area contributed by atoms with Crippen LogP contribution in [0.1, 0.15) is 23.4 Å². The van der Waals surface area contributed by atoms with Gasteiger partial charge in [0, 0.05) is 43.4 Å². The lowest BCUT2D eigenvalue weighted by Crippen LogP contribution is -2.46. The summed E-state index contributed by atoms with van der Waals surface area (Å²) in [6, 6.07) is 0. The number of carbonyl (C=O) groups excluding carboxylic acids is 3. The molecule has 0 aromatic carbocycles. The number of carbonyl (C=O) groups is 3. The van der Waals surface area contributed by atoms with Crippen LogP contribution in [0.5, 0.6) is 0 Å². The normalized spacial score (nSPS) is 19.0. The number of hydrogen-bond donors (Lipinski definition) is 2. The SMILES string of the molecule is CN1CCc2nc(NC(=O)C(=O)N3CCC(C(N)=O)CC3)sc2C1. The van der Waals surface area contributed by atoms with E-state index in [9.17, 15) is 14.4 Å². The Morgan fingerprint density at radius 3 is 2.62 bits per heavy atom. The van der Waals surface area contributed by atoms with Crippen molar-refractivity contribution >= 4 is 34.2 Å². The van der Waals surface area contributed by atoms with Crippen LogP contribution in [0.25, 0.3) is 0 Å². The average Bonchev–Trinajstić information content (AvgIpc) is 2.95. The van der Waals surface area contributed by atoms with Crippen molar-refractivity contribution in [2.75, 3.05) is 32.0 Å². The fraction of sp³-hybridized carbons (Fsp3) is 0.600. The molecule has 0 bridgehead atoms. The molecular formula is C15H21N5O3S. The van der Waals surface area contributed by atoms with Crippen molar-refractivity contribution in [1.82, 2.24) is 14.8 Å². The van der Waals surface area contributed by atoms with E-state index in [1.54, 1.807) is 0 Å². The molecule has 0 atom stereocenters. The summed E-state index contributed by atoms with van der Waals surface area (Å²) in [7, 11) is 2.04. The van der Waals surface area contributed by atoms with Crippen molar-refractivity contribution in [1.29, 1.82) is 0 Å². The Balaban J connectivity index is 1.57. The highest BCUT2D eigenvalue weighted by atomic mass is 32.1. The quantitative estimate of drug-likeness (QED) is 0.717. The van der Waals surface area contributed by atoms with Crippen LogP contribution < -0.4 is 11.1 Å². The third-order valence-electron chi connectivity index (χ3n) is 4.52. The molecule has 3 amide bonds. The number of thiazole rings is 1. The van der Waals surface area contributed by atoms with Crippen LogP contribution in [-0.2, 0) is 27.3 Å². The summed E-state index contributed by atoms with van der Waals surface area (Å²) in [4.78, 5) is 44.8. The van der Waals surface area contributed by atoms with Gasteiger partial charge >= 0.3 is 11.8 Å². The standard InChI is InChI=1S/C15H21N5O3S/c1-19-5-4-10-11(8-19)24-15(17-10)18-13(22)14(23)20-6-2-9(3-7-20)12(16)21/h9H,2-8H2,1H3,(H2,16,21)(H,17,18,22). The summed E-state index contributed by atoms with van der Waals surface area (Å²) in [6.45, 7) is 2.51. The number of nitrogens with one attached hydrogen (secondary N) is 1. The Bertz CT molecular complexity index is 666. The zero-order chi connectivity index (χ0) is 17.3. The number of likely N-dealkylation sites (tertiary alicyclic amines) is 1. The molecule has 1 aromatic rings. The number of anilines is 1. The van der Waals surface area contributed by atoms with Crippen LogP contribution in [0.2, 0.25) is 0 Å². The second-order valence-corrected chi connectivity index (χ2v) is 7.38. The molecule has 3 heterocycles. The van der Waals surface area contributed by atoms with E-state index in [2.05, 4.69) is 15.2 Å². The van der Waals surface area contributed by atoms with Crippen molar-refractivity contribution in [3.63, 3.8) is 0 Å². The van der Waals surface area contributed by atoms with E-state index in [1.165, 1.54) is 16.2 Å². The van der Waals surface area contributed by atoms with Crippen LogP contribution in [0.3, 0.4) is 0 Å². The first kappa shape index (κ1) is 16.8. The van der Waals surface area contributed by atoms with Crippen molar-refractivity contribution < 1.29 is 14.4 Å². The molecule has 1 saturated heterocycles. The maximum Gasteiger partial charge on any atom is 0.315 e. The molecule has 1 aromatic heterocycles. The van der Waals surface area contributed by atoms with E-state index >= 15 is 0 Å². The van der Waals surface area contributed by atoms with Crippen molar-refractivity contribution in [2.24, 2.45) is 11.7 Å². The Morgan fingerprint density at radius 1 is 1.25 bits per heavy atom. The fourth-order valence-corrected chi connectivity index (χ4v) is 4.12. The van der Waals surface area contributed by atoms with Gasteiger partial charge in [-0.1, -0.05) is 0 Å². The first-order valence-electron chi connectivity index (χ1n) is 8.00. The van der Waals surface area contributed by atoms with Gasteiger partial charge in [-0.3, -0.25) is 19.7 Å². The van der Waals surface area contributed by atoms with Gasteiger partial charge in [-0.25, -0.2) is 4.98 Å². The summed E-state index contributed by atoms with van der Waals surface area (Å²) >= 11 is 1.42. The van der Waals surface area contributed by atoms with Gasteiger partial charge in [0.25, 0.3) is 0 Å². The number of hydrogen-bond acceptors (Lipinski definition) is 6. The van der Waals surface area contributed by atoms with Crippen LogP contribution in [0.4, 0.5) is 5.13 Å². The highest BCUT2D eigenvalue weighted by Gasteiger charge is 2.30. The molecular weight excluding hydrogens is 330 g/mol. The van der Waals surface area contributed by atoms with E-state index in [1.807, 2.05) is 7.05 Å². The number of primary amides is 1. The fourth-order valence-electron chi connectivity index (χ4n) is 3.04. The maximum absolute atomic E-state index is 12.2. The Morgan fingerprint density at radius 2 is 1.96 bits per heavy atom. The van der Waals surface area contributed by atoms with Gasteiger partial charge in [0.1, 0.15) is 0 Å². The second kappa shape index (κ2) is 6.86. The molecule has 0 saturated carbocycles. The number of rotatable bonds is 2. The number of piperidine rings is 1. The van der Waals surface area contributed by atoms with Gasteiger partial charge in [-0.05, 0) is 19.9 Å². The highest BCUT2D eigenvalue weighted by molar-refractivity contribution is 7.16. The summed E-state index contributed by atoms with van der Waals surface area (Å²) < 4.78 is 0. The molecule has 2 aliphatic rings. The third-order valence-corrected chi connectivity index (χ3v) is 5.52. The van der Waals surface area contributed by atoms with Crippen LogP contribution in [0, 0.1) is 5.92 Å². The Kier molecular flexibility index (Phi) is 4.81. The molecule has 0 unspecified atom stereocenters. The van der Waals surface area contributed by atoms with Gasteiger partial charge in [0.15, 0.2) is 5.13 Å². The molecule has 24 heavy (non-hydrogen) atoms. The largest absolute Gasteiger partial charge is 0.369 e. The molecule has 9 heteroatoms. The molecule has 130 valence electrons. The lowest BCUT2D eigenvalue weighted by Gasteiger charge is -2.29. The minimum atomic E-state index is -0.674. The van der Waals surface area contributed by atoms with Gasteiger partial charge in [-0.2, -0.15) is 0 Å². The topological polar surface area (TPSA) is 109 Å². The van der Waals surface area contributed by atoms with Crippen molar-refractivity contribution in [3.8, 4) is 0 Å². The predicted molar refractivity (Wildman–Crippen MR) is 89.3 cm³/mol. The zero-order valence-electron chi connectivity index (χ0n) is 13.6. The number of likely N-dealkylation sites (N-methyl/N-ethyl adjacent to an activating group) is 1. The van der Waals surface area contributed by atoms with E-state index < -0.39 is 11.8 Å². The molecule has 0 spiro atoms. The molecule has 8 nitrogen and oxygen atoms in total. The van der Waals surface area contributed by atoms with E-state index in [0.717, 1.165) is 30.1 Å². The lowest BCUT2D eigenvalue weighted by molar-refractivity contribution is -0.144. The van der Waals surface area contributed by atoms with E-state index in [-0.39, 0.29) is 11.8 Å². The zero-order valence-corrected chi connectivity index (χ0v) is 14.4. The summed E-state index contributed by atoms with van der Waals surface area (Å²) in [6.07, 6.45) is 1.87. The van der Waals surface area contributed by atoms with Crippen molar-refractivity contribution in [3.05, 3.63) is 10.6 Å². The second-order valence-electron chi connectivity index (χ2n) is 6.30. The smallest absolute Gasteiger partial charge is 0.315 e. The first-order chi connectivity index (χ1) is 11.4. The van der Waals surface area contributed by atoms with Gasteiger partial charge in [-0.15, -0.1) is 11.3 Å². The van der Waals surface area contributed by atoms with Crippen LogP contribution >= 0.6 is 11.3 Å². The molecule has 3 N–H and O–H groups in total. The van der Waals surface area contributed by atoms with Crippen molar-refractivity contribution in [2.45, 2.75) is 25.8 Å². The number of aromatic nitrogens is 1. The maximum atomic E-state index is 12.2. The number of amides is 3. The van der Waals surface area contributed by atoms with Crippen LogP contribution in [-0.4, -0.2) is 59.2 Å². The highest BCUT2D eigenvalue weighted by Crippen LogP contribution is 2.27. The molecule has 0 aliphatic carbocycles. The monoisotopic (exact) mass is 351 g/mol. The molecule has 3 rings (SSSR count). The number of nitrogens with zero attached hydrogens (tertiary/aromatic N) is 3. The molecule has 0 radical (unpaired) electrons. The Hall–Kier alpha value is -2.00. The van der Waals surface area contributed by atoms with Gasteiger partial charge in [0.2, 0.25) is 5.91 Å². The minimum absolute atomic E-state index is 0.209. The van der Waals surface area contributed by atoms with Crippen LogP contribution in [0.15, 0.2) is 0 Å². The van der Waals surface area contributed by atoms with E-state index in [0.29, 0.717) is 31.1 Å². The third kappa shape index (κ3) is 3.57. The average molecular weight is 351 g/mol. The molecule has 1 fully saturated rings. The first-order valence-corrected chi connectivity index (χ1v) is 8.82. The Labute approximate surface area is 144 Å². The van der Waals surface area contributed by atoms with Gasteiger partial charge in [0.05, 0.1) is 5.69 Å². The van der Waals surface area contributed by atoms with Gasteiger partial charge < -0.3 is 15.5 Å². The summed E-state index contributed by atoms with van der Waals surface area (Å²) in [5.74, 6) is -1.81. The molecule has 2 aliphatic heterocycles. The number of fused-ring (bicyclic) bond motifs is 1. The predicted octanol–water partition coefficient (Wildman–Crippen LogP) is -0.207. The lowest BCUT2D eigenvalue weighted by atomic mass is 9.96. The summed E-state index contributed by atoms with van der Waals surface area (Å²) in [5.41, 5.74) is 6.28. The van der Waals surface area contributed by atoms with E-state index in [4.69, 9.17) is 5.73 Å². The summed E-state index contributed by atoms with van der Waals surface area (Å²) in [5, 5.41) is 3.08. The minimum Gasteiger partial charge on any atom is -0.369 e.